The van der Waals surface area contributed by atoms with Crippen LogP contribution < -0.4 is 5.73 Å². The molecule has 1 aromatic carbocycles. The van der Waals surface area contributed by atoms with Gasteiger partial charge in [-0.1, -0.05) is 18.2 Å². The van der Waals surface area contributed by atoms with E-state index in [1.165, 1.54) is 0 Å². The second kappa shape index (κ2) is 4.10. The van der Waals surface area contributed by atoms with E-state index >= 15 is 0 Å². The quantitative estimate of drug-likeness (QED) is 0.716. The van der Waals surface area contributed by atoms with Crippen molar-refractivity contribution in [2.24, 2.45) is 0 Å². The minimum absolute atomic E-state index is 0.229. The number of benzene rings is 1. The molecular formula is C14H11N5. The first-order valence-electron chi connectivity index (χ1n) is 5.82. The summed E-state index contributed by atoms with van der Waals surface area (Å²) in [6.45, 7) is 1.89. The number of rotatable bonds is 1. The van der Waals surface area contributed by atoms with Crippen LogP contribution in [0.15, 0.2) is 36.4 Å². The van der Waals surface area contributed by atoms with Crippen molar-refractivity contribution in [2.75, 3.05) is 5.73 Å². The molecule has 5 nitrogen and oxygen atoms in total. The van der Waals surface area contributed by atoms with Gasteiger partial charge in [0.15, 0.2) is 5.65 Å². The average Bonchev–Trinajstić information content (AvgIpc) is 2.75. The van der Waals surface area contributed by atoms with E-state index in [0.29, 0.717) is 11.2 Å². The second-order valence-corrected chi connectivity index (χ2v) is 4.24. The lowest BCUT2D eigenvalue weighted by atomic mass is 10.2. The van der Waals surface area contributed by atoms with Crippen LogP contribution in [0.5, 0.6) is 0 Å². The lowest BCUT2D eigenvalue weighted by molar-refractivity contribution is 0.878. The van der Waals surface area contributed by atoms with Gasteiger partial charge in [-0.25, -0.2) is 9.67 Å². The highest BCUT2D eigenvalue weighted by Crippen LogP contribution is 2.23. The first-order valence-corrected chi connectivity index (χ1v) is 5.82. The summed E-state index contributed by atoms with van der Waals surface area (Å²) in [4.78, 5) is 4.30. The summed E-state index contributed by atoms with van der Waals surface area (Å²) in [6, 6.07) is 13.5. The standard InChI is InChI=1S/C14H11N5/c1-9-12-7-10(8-15)13(16)17-14(12)19(18-9)11-5-3-2-4-6-11/h2-7H,1H3,(H2,16,17). The third-order valence-electron chi connectivity index (χ3n) is 2.99. The van der Waals surface area contributed by atoms with E-state index in [-0.39, 0.29) is 5.82 Å². The maximum absolute atomic E-state index is 9.00. The Bertz CT molecular complexity index is 796. The molecule has 0 radical (unpaired) electrons. The molecule has 0 fully saturated rings. The Kier molecular flexibility index (Phi) is 2.43. The Morgan fingerprint density at radius 2 is 2.00 bits per heavy atom. The molecule has 19 heavy (non-hydrogen) atoms. The van der Waals surface area contributed by atoms with Crippen molar-refractivity contribution in [1.82, 2.24) is 14.8 Å². The van der Waals surface area contributed by atoms with Crippen LogP contribution in [0.3, 0.4) is 0 Å². The molecule has 0 aliphatic carbocycles. The zero-order valence-corrected chi connectivity index (χ0v) is 10.3. The van der Waals surface area contributed by atoms with Gasteiger partial charge in [0, 0.05) is 5.39 Å². The van der Waals surface area contributed by atoms with Crippen LogP contribution in [-0.4, -0.2) is 14.8 Å². The van der Waals surface area contributed by atoms with Crippen LogP contribution in [0.4, 0.5) is 5.82 Å². The summed E-state index contributed by atoms with van der Waals surface area (Å²) in [5.74, 6) is 0.229. The van der Waals surface area contributed by atoms with Crippen molar-refractivity contribution >= 4 is 16.9 Å². The van der Waals surface area contributed by atoms with Gasteiger partial charge in [-0.2, -0.15) is 10.4 Å². The van der Waals surface area contributed by atoms with Gasteiger partial charge in [0.05, 0.1) is 16.9 Å². The summed E-state index contributed by atoms with van der Waals surface area (Å²) < 4.78 is 1.74. The Labute approximate surface area is 109 Å². The number of anilines is 1. The monoisotopic (exact) mass is 249 g/mol. The second-order valence-electron chi connectivity index (χ2n) is 4.24. The predicted octanol–water partition coefficient (Wildman–Crippen LogP) is 2.18. The number of nitrogens with two attached hydrogens (primary N) is 1. The van der Waals surface area contributed by atoms with Crippen LogP contribution in [0, 0.1) is 18.3 Å². The molecule has 0 aliphatic rings. The highest BCUT2D eigenvalue weighted by molar-refractivity contribution is 5.83. The molecule has 0 aliphatic heterocycles. The van der Waals surface area contributed by atoms with E-state index in [0.717, 1.165) is 16.8 Å². The van der Waals surface area contributed by atoms with Gasteiger partial charge >= 0.3 is 0 Å². The van der Waals surface area contributed by atoms with Crippen molar-refractivity contribution in [3.63, 3.8) is 0 Å². The number of nitrogens with zero attached hydrogens (tertiary/aromatic N) is 4. The molecule has 0 atom stereocenters. The third kappa shape index (κ3) is 1.70. The molecule has 3 rings (SSSR count). The van der Waals surface area contributed by atoms with Crippen molar-refractivity contribution in [1.29, 1.82) is 5.26 Å². The van der Waals surface area contributed by atoms with Crippen LogP contribution in [0.2, 0.25) is 0 Å². The van der Waals surface area contributed by atoms with Gasteiger partial charge < -0.3 is 5.73 Å². The number of hydrogen-bond donors (Lipinski definition) is 1. The smallest absolute Gasteiger partial charge is 0.165 e. The number of aromatic nitrogens is 3. The molecule has 0 saturated heterocycles. The maximum atomic E-state index is 9.00. The Balaban J connectivity index is 2.35. The van der Waals surface area contributed by atoms with Gasteiger partial charge in [-0.05, 0) is 25.1 Å². The minimum atomic E-state index is 0.229. The van der Waals surface area contributed by atoms with E-state index in [1.807, 2.05) is 43.3 Å². The van der Waals surface area contributed by atoms with Crippen LogP contribution in [-0.2, 0) is 0 Å². The zero-order valence-electron chi connectivity index (χ0n) is 10.3. The van der Waals surface area contributed by atoms with Crippen LogP contribution in [0.25, 0.3) is 16.7 Å². The number of nitrogen functional groups attached to an aromatic ring is 1. The van der Waals surface area contributed by atoms with Crippen LogP contribution >= 0.6 is 0 Å². The van der Waals surface area contributed by atoms with Crippen molar-refractivity contribution in [3.8, 4) is 11.8 Å². The topological polar surface area (TPSA) is 80.5 Å². The van der Waals surface area contributed by atoms with Crippen LogP contribution in [0.1, 0.15) is 11.3 Å². The summed E-state index contributed by atoms with van der Waals surface area (Å²) >= 11 is 0. The summed E-state index contributed by atoms with van der Waals surface area (Å²) in [6.07, 6.45) is 0. The zero-order chi connectivity index (χ0) is 13.4. The van der Waals surface area contributed by atoms with Gasteiger partial charge in [0.25, 0.3) is 0 Å². The van der Waals surface area contributed by atoms with Crippen molar-refractivity contribution < 1.29 is 0 Å². The Hall–Kier alpha value is -2.87. The first-order chi connectivity index (χ1) is 9.20. The normalized spacial score (nSPS) is 10.5. The first kappa shape index (κ1) is 11.2. The Morgan fingerprint density at radius 3 is 2.68 bits per heavy atom. The van der Waals surface area contributed by atoms with Gasteiger partial charge in [-0.15, -0.1) is 0 Å². The fourth-order valence-corrected chi connectivity index (χ4v) is 2.04. The Morgan fingerprint density at radius 1 is 1.26 bits per heavy atom. The SMILES string of the molecule is Cc1nn(-c2ccccc2)c2nc(N)c(C#N)cc12. The van der Waals surface area contributed by atoms with Gasteiger partial charge in [0.1, 0.15) is 11.9 Å². The van der Waals surface area contributed by atoms with Gasteiger partial charge in [-0.3, -0.25) is 0 Å². The molecule has 2 N–H and O–H groups in total. The molecular weight excluding hydrogens is 238 g/mol. The fraction of sp³-hybridized carbons (Fsp3) is 0.0714. The molecule has 3 aromatic rings. The molecule has 0 bridgehead atoms. The molecule has 2 aromatic heterocycles. The van der Waals surface area contributed by atoms with E-state index in [9.17, 15) is 0 Å². The largest absolute Gasteiger partial charge is 0.383 e. The van der Waals surface area contributed by atoms with Crippen molar-refractivity contribution in [3.05, 3.63) is 47.7 Å². The maximum Gasteiger partial charge on any atom is 0.165 e. The molecule has 2 heterocycles. The van der Waals surface area contributed by atoms with E-state index in [2.05, 4.69) is 10.1 Å². The summed E-state index contributed by atoms with van der Waals surface area (Å²) in [5, 5.41) is 14.3. The number of aryl methyl sites for hydroxylation is 1. The molecule has 0 spiro atoms. The highest BCUT2D eigenvalue weighted by Gasteiger charge is 2.13. The molecule has 5 heteroatoms. The summed E-state index contributed by atoms with van der Waals surface area (Å²) in [7, 11) is 0. The average molecular weight is 249 g/mol. The molecule has 0 amide bonds. The third-order valence-corrected chi connectivity index (χ3v) is 2.99. The lowest BCUT2D eigenvalue weighted by Gasteiger charge is -2.03. The van der Waals surface area contributed by atoms with Gasteiger partial charge in [0.2, 0.25) is 0 Å². The number of pyridine rings is 1. The number of hydrogen-bond acceptors (Lipinski definition) is 4. The predicted molar refractivity (Wildman–Crippen MR) is 72.7 cm³/mol. The number of fused-ring (bicyclic) bond motifs is 1. The van der Waals surface area contributed by atoms with E-state index < -0.39 is 0 Å². The number of para-hydroxylation sites is 1. The fourth-order valence-electron chi connectivity index (χ4n) is 2.04. The van der Waals surface area contributed by atoms with Crippen molar-refractivity contribution in [2.45, 2.75) is 6.92 Å². The highest BCUT2D eigenvalue weighted by atomic mass is 15.3. The van der Waals surface area contributed by atoms with E-state index in [4.69, 9.17) is 11.0 Å². The lowest BCUT2D eigenvalue weighted by Crippen LogP contribution is -2.00. The molecule has 92 valence electrons. The number of nitriles is 1. The molecule has 0 saturated carbocycles. The molecule has 0 unspecified atom stereocenters. The minimum Gasteiger partial charge on any atom is -0.383 e. The van der Waals surface area contributed by atoms with E-state index in [1.54, 1.807) is 10.7 Å². The summed E-state index contributed by atoms with van der Waals surface area (Å²) in [5.41, 5.74) is 8.56.